The number of amides is 1. The average Bonchev–Trinajstić information content (AvgIpc) is 3.08. The average molecular weight is 380 g/mol. The van der Waals surface area contributed by atoms with E-state index in [0.717, 1.165) is 22.7 Å². The van der Waals surface area contributed by atoms with E-state index in [1.165, 1.54) is 16.9 Å². The summed E-state index contributed by atoms with van der Waals surface area (Å²) in [6, 6.07) is 20.6. The van der Waals surface area contributed by atoms with E-state index < -0.39 is 0 Å². The van der Waals surface area contributed by atoms with Crippen molar-refractivity contribution < 1.29 is 4.79 Å². The maximum Gasteiger partial charge on any atom is 0.263 e. The van der Waals surface area contributed by atoms with Crippen LogP contribution >= 0.6 is 11.3 Å². The lowest BCUT2D eigenvalue weighted by Crippen LogP contribution is -2.41. The molecule has 0 saturated heterocycles. The van der Waals surface area contributed by atoms with Gasteiger partial charge in [0.2, 0.25) is 0 Å². The smallest absolute Gasteiger partial charge is 0.263 e. The molecule has 1 aromatic heterocycles. The maximum atomic E-state index is 12.7. The molecule has 27 heavy (non-hydrogen) atoms. The quantitative estimate of drug-likeness (QED) is 0.674. The normalized spacial score (nSPS) is 12.1. The minimum Gasteiger partial charge on any atom is -0.350 e. The van der Waals surface area contributed by atoms with E-state index in [1.54, 1.807) is 0 Å². The van der Waals surface area contributed by atoms with Crippen LogP contribution in [0, 0.1) is 6.92 Å². The lowest BCUT2D eigenvalue weighted by molar-refractivity contribution is 0.0945. The Morgan fingerprint density at radius 1 is 1.07 bits per heavy atom. The summed E-state index contributed by atoms with van der Waals surface area (Å²) in [5.41, 5.74) is 3.09. The van der Waals surface area contributed by atoms with Gasteiger partial charge in [0.15, 0.2) is 0 Å². The second-order valence-corrected chi connectivity index (χ2v) is 7.82. The lowest BCUT2D eigenvalue weighted by Gasteiger charge is -2.24. The van der Waals surface area contributed by atoms with Crippen molar-refractivity contribution >= 4 is 17.2 Å². The third-order valence-corrected chi connectivity index (χ3v) is 5.77. The van der Waals surface area contributed by atoms with Crippen LogP contribution in [0.4, 0.5) is 0 Å². The molecule has 0 fully saturated rings. The molecule has 0 aliphatic rings. The van der Waals surface area contributed by atoms with E-state index >= 15 is 0 Å². The molecule has 1 atom stereocenters. The SMILES string of the molecule is Cc1nc(-c2ccccc2)sc1C(=O)NCC(Cc1ccccc1)N(C)C. The number of rotatable bonds is 7. The topological polar surface area (TPSA) is 45.2 Å². The van der Waals surface area contributed by atoms with Gasteiger partial charge in [-0.15, -0.1) is 11.3 Å². The molecule has 0 spiro atoms. The highest BCUT2D eigenvalue weighted by atomic mass is 32.1. The van der Waals surface area contributed by atoms with Gasteiger partial charge in [-0.3, -0.25) is 4.79 Å². The summed E-state index contributed by atoms with van der Waals surface area (Å²) in [6.07, 6.45) is 0.894. The fourth-order valence-electron chi connectivity index (χ4n) is 2.93. The molecule has 0 bridgehead atoms. The van der Waals surface area contributed by atoms with Crippen molar-refractivity contribution in [3.8, 4) is 10.6 Å². The van der Waals surface area contributed by atoms with Gasteiger partial charge in [-0.05, 0) is 33.0 Å². The molecule has 140 valence electrons. The first-order chi connectivity index (χ1) is 13.0. The zero-order valence-corrected chi connectivity index (χ0v) is 16.8. The molecular weight excluding hydrogens is 354 g/mol. The Morgan fingerprint density at radius 3 is 2.33 bits per heavy atom. The molecule has 1 amide bonds. The van der Waals surface area contributed by atoms with Gasteiger partial charge < -0.3 is 10.2 Å². The van der Waals surface area contributed by atoms with Crippen LogP contribution in [-0.4, -0.2) is 42.5 Å². The second-order valence-electron chi connectivity index (χ2n) is 6.82. The number of nitrogens with zero attached hydrogens (tertiary/aromatic N) is 2. The first-order valence-corrected chi connectivity index (χ1v) is 9.87. The van der Waals surface area contributed by atoms with Gasteiger partial charge in [0.05, 0.1) is 5.69 Å². The summed E-state index contributed by atoms with van der Waals surface area (Å²) in [5, 5.41) is 3.98. The third-order valence-electron chi connectivity index (χ3n) is 4.57. The standard InChI is InChI=1S/C22H25N3OS/c1-16-20(27-22(24-16)18-12-8-5-9-13-18)21(26)23-15-19(25(2)3)14-17-10-6-4-7-11-17/h4-13,19H,14-15H2,1-3H3,(H,23,26). The molecule has 1 unspecified atom stereocenters. The van der Waals surface area contributed by atoms with E-state index in [9.17, 15) is 4.79 Å². The summed E-state index contributed by atoms with van der Waals surface area (Å²) >= 11 is 1.45. The lowest BCUT2D eigenvalue weighted by atomic mass is 10.1. The molecule has 3 rings (SSSR count). The molecular formula is C22H25N3OS. The Hall–Kier alpha value is -2.50. The maximum absolute atomic E-state index is 12.7. The van der Waals surface area contributed by atoms with Crippen LogP contribution in [-0.2, 0) is 6.42 Å². The number of aryl methyl sites for hydroxylation is 1. The largest absolute Gasteiger partial charge is 0.350 e. The van der Waals surface area contributed by atoms with E-state index in [0.29, 0.717) is 11.4 Å². The number of thiazole rings is 1. The molecule has 1 heterocycles. The first kappa shape index (κ1) is 19.3. The number of likely N-dealkylation sites (N-methyl/N-ethyl adjacent to an activating group) is 1. The van der Waals surface area contributed by atoms with Crippen molar-refractivity contribution in [3.05, 3.63) is 76.8 Å². The molecule has 0 aliphatic carbocycles. The summed E-state index contributed by atoms with van der Waals surface area (Å²) in [7, 11) is 4.09. The van der Waals surface area contributed by atoms with E-state index in [-0.39, 0.29) is 11.9 Å². The third kappa shape index (κ3) is 5.02. The molecule has 5 heteroatoms. The van der Waals surface area contributed by atoms with Gasteiger partial charge in [0, 0.05) is 18.2 Å². The first-order valence-electron chi connectivity index (χ1n) is 9.06. The monoisotopic (exact) mass is 379 g/mol. The van der Waals surface area contributed by atoms with Gasteiger partial charge >= 0.3 is 0 Å². The van der Waals surface area contributed by atoms with Crippen molar-refractivity contribution in [2.24, 2.45) is 0 Å². The minimum absolute atomic E-state index is 0.0490. The Balaban J connectivity index is 1.66. The Morgan fingerprint density at radius 2 is 1.70 bits per heavy atom. The van der Waals surface area contributed by atoms with E-state index in [2.05, 4.69) is 27.3 Å². The molecule has 0 saturated carbocycles. The van der Waals surface area contributed by atoms with Crippen molar-refractivity contribution in [1.82, 2.24) is 15.2 Å². The Bertz CT molecular complexity index is 875. The summed E-state index contributed by atoms with van der Waals surface area (Å²) < 4.78 is 0. The highest BCUT2D eigenvalue weighted by molar-refractivity contribution is 7.17. The van der Waals surface area contributed by atoms with Crippen molar-refractivity contribution in [3.63, 3.8) is 0 Å². The zero-order valence-electron chi connectivity index (χ0n) is 16.0. The van der Waals surface area contributed by atoms with Gasteiger partial charge in [0.25, 0.3) is 5.91 Å². The Kier molecular flexibility index (Phi) is 6.37. The van der Waals surface area contributed by atoms with Crippen LogP contribution in [0.15, 0.2) is 60.7 Å². The van der Waals surface area contributed by atoms with E-state index in [1.807, 2.05) is 69.6 Å². The number of hydrogen-bond acceptors (Lipinski definition) is 4. The summed E-state index contributed by atoms with van der Waals surface area (Å²) in [6.45, 7) is 2.49. The fraction of sp³-hybridized carbons (Fsp3) is 0.273. The number of benzene rings is 2. The minimum atomic E-state index is -0.0490. The summed E-state index contributed by atoms with van der Waals surface area (Å²) in [5.74, 6) is -0.0490. The van der Waals surface area contributed by atoms with E-state index in [4.69, 9.17) is 0 Å². The molecule has 3 aromatic rings. The van der Waals surface area contributed by atoms with Crippen LogP contribution in [0.5, 0.6) is 0 Å². The van der Waals surface area contributed by atoms with Crippen LogP contribution in [0.3, 0.4) is 0 Å². The van der Waals surface area contributed by atoms with Crippen molar-refractivity contribution in [2.45, 2.75) is 19.4 Å². The molecule has 0 aliphatic heterocycles. The van der Waals surface area contributed by atoms with Gasteiger partial charge in [-0.2, -0.15) is 0 Å². The van der Waals surface area contributed by atoms with Gasteiger partial charge in [-0.1, -0.05) is 60.7 Å². The van der Waals surface area contributed by atoms with Crippen LogP contribution < -0.4 is 5.32 Å². The molecule has 0 radical (unpaired) electrons. The number of aromatic nitrogens is 1. The second kappa shape index (κ2) is 8.93. The number of carbonyl (C=O) groups is 1. The predicted octanol–water partition coefficient (Wildman–Crippen LogP) is 4.02. The predicted molar refractivity (Wildman–Crippen MR) is 112 cm³/mol. The highest BCUT2D eigenvalue weighted by Crippen LogP contribution is 2.27. The Labute approximate surface area is 164 Å². The number of nitrogens with one attached hydrogen (secondary N) is 1. The van der Waals surface area contributed by atoms with Gasteiger partial charge in [0.1, 0.15) is 9.88 Å². The van der Waals surface area contributed by atoms with Crippen molar-refractivity contribution in [1.29, 1.82) is 0 Å². The van der Waals surface area contributed by atoms with Crippen LogP contribution in [0.2, 0.25) is 0 Å². The van der Waals surface area contributed by atoms with Gasteiger partial charge in [-0.25, -0.2) is 4.98 Å². The number of hydrogen-bond donors (Lipinski definition) is 1. The molecule has 4 nitrogen and oxygen atoms in total. The molecule has 1 N–H and O–H groups in total. The highest BCUT2D eigenvalue weighted by Gasteiger charge is 2.18. The molecule has 2 aromatic carbocycles. The zero-order chi connectivity index (χ0) is 19.2. The summed E-state index contributed by atoms with van der Waals surface area (Å²) in [4.78, 5) is 20.2. The number of carbonyl (C=O) groups excluding carboxylic acids is 1. The van der Waals surface area contributed by atoms with Crippen LogP contribution in [0.25, 0.3) is 10.6 Å². The van der Waals surface area contributed by atoms with Crippen molar-refractivity contribution in [2.75, 3.05) is 20.6 Å². The van der Waals surface area contributed by atoms with Crippen LogP contribution in [0.1, 0.15) is 20.9 Å². The fourth-order valence-corrected chi connectivity index (χ4v) is 3.91.